The number of halogens is 1. The summed E-state index contributed by atoms with van der Waals surface area (Å²) < 4.78 is 10.3. The van der Waals surface area contributed by atoms with Crippen LogP contribution >= 0.6 is 24.0 Å². The maximum Gasteiger partial charge on any atom is 0.309 e. The number of esters is 1. The highest BCUT2D eigenvalue weighted by atomic mass is 127. The van der Waals surface area contributed by atoms with E-state index in [1.807, 2.05) is 13.8 Å². The third-order valence-electron chi connectivity index (χ3n) is 4.74. The van der Waals surface area contributed by atoms with Gasteiger partial charge in [-0.25, -0.2) is 0 Å². The minimum absolute atomic E-state index is 0. The van der Waals surface area contributed by atoms with Gasteiger partial charge in [-0.15, -0.1) is 24.0 Å². The zero-order valence-corrected chi connectivity index (χ0v) is 20.3. The number of nitrogens with one attached hydrogen (secondary N) is 2. The molecule has 0 aromatic heterocycles. The molecule has 1 amide bonds. The molecule has 0 radical (unpaired) electrons. The Morgan fingerprint density at radius 3 is 2.57 bits per heavy atom. The topological polar surface area (TPSA) is 92.3 Å². The van der Waals surface area contributed by atoms with Crippen molar-refractivity contribution in [2.75, 3.05) is 46.4 Å². The summed E-state index contributed by atoms with van der Waals surface area (Å²) in [5.41, 5.74) is 0.557. The van der Waals surface area contributed by atoms with Gasteiger partial charge < -0.3 is 25.0 Å². The fourth-order valence-electron chi connectivity index (χ4n) is 3.21. The van der Waals surface area contributed by atoms with Crippen LogP contribution in [-0.2, 0) is 9.53 Å². The average Bonchev–Trinajstić information content (AvgIpc) is 2.76. The van der Waals surface area contributed by atoms with E-state index in [1.54, 1.807) is 31.4 Å². The molecule has 9 heteroatoms. The number of likely N-dealkylation sites (tertiary alicyclic amines) is 1. The quantitative estimate of drug-likeness (QED) is 0.176. The molecule has 2 rings (SSSR count). The standard InChI is InChI=1S/C21H32N4O4.HI/c1-4-22-21(25-13-9-16(10-14-25)20(27)29-5-2)24-12-11-23-19(26)17-7-6-8-18(15-17)28-3;/h6-8,15-16H,4-5,9-14H2,1-3H3,(H,22,24)(H,23,26);1H. The molecular weight excluding hydrogens is 499 g/mol. The lowest BCUT2D eigenvalue weighted by molar-refractivity contribution is -0.149. The van der Waals surface area contributed by atoms with Crippen molar-refractivity contribution in [3.63, 3.8) is 0 Å². The van der Waals surface area contributed by atoms with Crippen LogP contribution in [0.5, 0.6) is 5.75 Å². The lowest BCUT2D eigenvalue weighted by atomic mass is 9.97. The predicted octanol–water partition coefficient (Wildman–Crippen LogP) is 2.28. The van der Waals surface area contributed by atoms with Crippen molar-refractivity contribution in [1.29, 1.82) is 0 Å². The molecule has 30 heavy (non-hydrogen) atoms. The zero-order valence-electron chi connectivity index (χ0n) is 18.0. The van der Waals surface area contributed by atoms with Crippen molar-refractivity contribution < 1.29 is 19.1 Å². The van der Waals surface area contributed by atoms with Crippen molar-refractivity contribution in [3.05, 3.63) is 29.8 Å². The first-order valence-electron chi connectivity index (χ1n) is 10.2. The van der Waals surface area contributed by atoms with Crippen LogP contribution in [0.1, 0.15) is 37.0 Å². The number of carbonyl (C=O) groups is 2. The Hall–Kier alpha value is -2.04. The van der Waals surface area contributed by atoms with E-state index < -0.39 is 0 Å². The molecule has 1 fully saturated rings. The summed E-state index contributed by atoms with van der Waals surface area (Å²) in [5, 5.41) is 6.16. The van der Waals surface area contributed by atoms with E-state index in [4.69, 9.17) is 9.47 Å². The first-order valence-corrected chi connectivity index (χ1v) is 10.2. The molecule has 1 aromatic carbocycles. The van der Waals surface area contributed by atoms with Crippen LogP contribution in [-0.4, -0.2) is 69.2 Å². The second kappa shape index (κ2) is 14.1. The van der Waals surface area contributed by atoms with Crippen LogP contribution in [0.3, 0.4) is 0 Å². The van der Waals surface area contributed by atoms with Gasteiger partial charge in [0.05, 0.1) is 26.2 Å². The number of hydrogen-bond donors (Lipinski definition) is 2. The molecule has 1 saturated heterocycles. The summed E-state index contributed by atoms with van der Waals surface area (Å²) in [6, 6.07) is 7.04. The molecule has 1 aliphatic rings. The third kappa shape index (κ3) is 8.00. The lowest BCUT2D eigenvalue weighted by Gasteiger charge is -2.33. The Labute approximate surface area is 195 Å². The molecular formula is C21H33IN4O4. The van der Waals surface area contributed by atoms with Gasteiger partial charge in [0.1, 0.15) is 5.75 Å². The number of guanidine groups is 1. The second-order valence-corrected chi connectivity index (χ2v) is 6.74. The monoisotopic (exact) mass is 532 g/mol. The number of benzene rings is 1. The van der Waals surface area contributed by atoms with Crippen LogP contribution < -0.4 is 15.4 Å². The number of amides is 1. The highest BCUT2D eigenvalue weighted by Gasteiger charge is 2.27. The third-order valence-corrected chi connectivity index (χ3v) is 4.74. The fourth-order valence-corrected chi connectivity index (χ4v) is 3.21. The normalized spacial score (nSPS) is 14.5. The predicted molar refractivity (Wildman–Crippen MR) is 128 cm³/mol. The van der Waals surface area contributed by atoms with E-state index in [9.17, 15) is 9.59 Å². The summed E-state index contributed by atoms with van der Waals surface area (Å²) in [4.78, 5) is 30.9. The number of hydrogen-bond acceptors (Lipinski definition) is 5. The summed E-state index contributed by atoms with van der Waals surface area (Å²) in [7, 11) is 1.57. The van der Waals surface area contributed by atoms with E-state index in [-0.39, 0.29) is 41.8 Å². The van der Waals surface area contributed by atoms with Crippen molar-refractivity contribution in [2.24, 2.45) is 10.9 Å². The van der Waals surface area contributed by atoms with E-state index in [0.717, 1.165) is 38.4 Å². The Kier molecular flexibility index (Phi) is 12.2. The number of methoxy groups -OCH3 is 1. The van der Waals surface area contributed by atoms with Gasteiger partial charge in [-0.1, -0.05) is 6.07 Å². The molecule has 0 bridgehead atoms. The maximum atomic E-state index is 12.3. The molecule has 0 unspecified atom stereocenters. The summed E-state index contributed by atoms with van der Waals surface area (Å²) >= 11 is 0. The molecule has 0 atom stereocenters. The van der Waals surface area contributed by atoms with Crippen molar-refractivity contribution >= 4 is 41.8 Å². The number of piperidine rings is 1. The minimum atomic E-state index is -0.153. The summed E-state index contributed by atoms with van der Waals surface area (Å²) in [5.74, 6) is 1.17. The van der Waals surface area contributed by atoms with Crippen LogP contribution in [0.15, 0.2) is 29.3 Å². The number of rotatable bonds is 8. The number of nitrogens with zero attached hydrogens (tertiary/aromatic N) is 2. The van der Waals surface area contributed by atoms with Gasteiger partial charge in [0.15, 0.2) is 5.96 Å². The average molecular weight is 532 g/mol. The van der Waals surface area contributed by atoms with Gasteiger partial charge in [0.25, 0.3) is 5.91 Å². The van der Waals surface area contributed by atoms with Crippen LogP contribution in [0, 0.1) is 5.92 Å². The van der Waals surface area contributed by atoms with Gasteiger partial charge in [-0.2, -0.15) is 0 Å². The van der Waals surface area contributed by atoms with Crippen molar-refractivity contribution in [3.8, 4) is 5.75 Å². The Morgan fingerprint density at radius 1 is 1.20 bits per heavy atom. The van der Waals surface area contributed by atoms with Gasteiger partial charge in [0, 0.05) is 31.7 Å². The highest BCUT2D eigenvalue weighted by molar-refractivity contribution is 14.0. The SMILES string of the molecule is CCNC(=NCCNC(=O)c1cccc(OC)c1)N1CCC(C(=O)OCC)CC1.I. The van der Waals surface area contributed by atoms with Crippen LogP contribution in [0.25, 0.3) is 0 Å². The maximum absolute atomic E-state index is 12.3. The van der Waals surface area contributed by atoms with Crippen LogP contribution in [0.2, 0.25) is 0 Å². The van der Waals surface area contributed by atoms with Gasteiger partial charge >= 0.3 is 5.97 Å². The van der Waals surface area contributed by atoms with Crippen LogP contribution in [0.4, 0.5) is 0 Å². The van der Waals surface area contributed by atoms with Gasteiger partial charge in [-0.05, 0) is 44.9 Å². The number of aliphatic imine (C=N–C) groups is 1. The number of ether oxygens (including phenoxy) is 2. The molecule has 168 valence electrons. The molecule has 8 nitrogen and oxygen atoms in total. The zero-order chi connectivity index (χ0) is 21.1. The Bertz CT molecular complexity index is 706. The Morgan fingerprint density at radius 2 is 1.93 bits per heavy atom. The molecule has 1 aliphatic heterocycles. The van der Waals surface area contributed by atoms with Crippen molar-refractivity contribution in [1.82, 2.24) is 15.5 Å². The molecule has 1 aromatic rings. The number of carbonyl (C=O) groups excluding carboxylic acids is 2. The van der Waals surface area contributed by atoms with E-state index in [0.29, 0.717) is 31.0 Å². The Balaban J connectivity index is 0.00000450. The summed E-state index contributed by atoms with van der Waals surface area (Å²) in [6.07, 6.45) is 1.52. The molecule has 1 heterocycles. The first kappa shape index (κ1) is 26.0. The molecule has 0 spiro atoms. The largest absolute Gasteiger partial charge is 0.497 e. The fraction of sp³-hybridized carbons (Fsp3) is 0.571. The lowest BCUT2D eigenvalue weighted by Crippen LogP contribution is -2.47. The van der Waals surface area contributed by atoms with E-state index in [1.165, 1.54) is 0 Å². The molecule has 0 saturated carbocycles. The molecule has 0 aliphatic carbocycles. The first-order chi connectivity index (χ1) is 14.1. The highest BCUT2D eigenvalue weighted by Crippen LogP contribution is 2.18. The summed E-state index contributed by atoms with van der Waals surface area (Å²) in [6.45, 7) is 7.44. The van der Waals surface area contributed by atoms with Crippen molar-refractivity contribution in [2.45, 2.75) is 26.7 Å². The minimum Gasteiger partial charge on any atom is -0.497 e. The smallest absolute Gasteiger partial charge is 0.309 e. The molecule has 2 N–H and O–H groups in total. The van der Waals surface area contributed by atoms with Gasteiger partial charge in [0.2, 0.25) is 0 Å². The van der Waals surface area contributed by atoms with E-state index in [2.05, 4.69) is 20.5 Å². The van der Waals surface area contributed by atoms with E-state index >= 15 is 0 Å². The van der Waals surface area contributed by atoms with Gasteiger partial charge in [-0.3, -0.25) is 14.6 Å². The second-order valence-electron chi connectivity index (χ2n) is 6.74.